The molecule has 0 rings (SSSR count). The first kappa shape index (κ1) is 16.2. The lowest BCUT2D eigenvalue weighted by Gasteiger charge is -2.22. The molecule has 0 saturated carbocycles. The molecule has 0 heterocycles. The lowest BCUT2D eigenvalue weighted by Crippen LogP contribution is -2.33. The van der Waals surface area contributed by atoms with Gasteiger partial charge in [0.2, 0.25) is 0 Å². The SMILES string of the molecule is COCC(C)CNCCCC(C)(C)C(N)=NO. The highest BCUT2D eigenvalue weighted by atomic mass is 16.5. The monoisotopic (exact) mass is 245 g/mol. The predicted molar refractivity (Wildman–Crippen MR) is 70.3 cm³/mol. The van der Waals surface area contributed by atoms with Crippen LogP contribution in [0.3, 0.4) is 0 Å². The summed E-state index contributed by atoms with van der Waals surface area (Å²) in [5, 5.41) is 15.1. The minimum atomic E-state index is -0.241. The Morgan fingerprint density at radius 2 is 2.18 bits per heavy atom. The summed E-state index contributed by atoms with van der Waals surface area (Å²) in [6, 6.07) is 0. The van der Waals surface area contributed by atoms with Crippen LogP contribution in [0, 0.1) is 11.3 Å². The zero-order chi connectivity index (χ0) is 13.3. The first-order valence-electron chi connectivity index (χ1n) is 6.11. The minimum absolute atomic E-state index is 0.241. The zero-order valence-electron chi connectivity index (χ0n) is 11.5. The number of hydrogen-bond acceptors (Lipinski definition) is 4. The van der Waals surface area contributed by atoms with Crippen molar-refractivity contribution in [1.82, 2.24) is 5.32 Å². The van der Waals surface area contributed by atoms with Gasteiger partial charge < -0.3 is 21.0 Å². The van der Waals surface area contributed by atoms with E-state index >= 15 is 0 Å². The van der Waals surface area contributed by atoms with E-state index in [9.17, 15) is 0 Å². The molecule has 0 radical (unpaired) electrons. The third-order valence-electron chi connectivity index (χ3n) is 2.90. The summed E-state index contributed by atoms with van der Waals surface area (Å²) in [6.07, 6.45) is 1.90. The van der Waals surface area contributed by atoms with E-state index in [1.807, 2.05) is 13.8 Å². The first-order chi connectivity index (χ1) is 7.94. The number of rotatable bonds is 9. The van der Waals surface area contributed by atoms with Crippen molar-refractivity contribution in [3.63, 3.8) is 0 Å². The third-order valence-corrected chi connectivity index (χ3v) is 2.90. The number of hydrogen-bond donors (Lipinski definition) is 3. The van der Waals surface area contributed by atoms with Crippen molar-refractivity contribution in [3.05, 3.63) is 0 Å². The number of oxime groups is 1. The second-order valence-electron chi connectivity index (χ2n) is 5.24. The number of methoxy groups -OCH3 is 1. The van der Waals surface area contributed by atoms with Gasteiger partial charge in [0, 0.05) is 19.1 Å². The van der Waals surface area contributed by atoms with Crippen LogP contribution in [0.1, 0.15) is 33.6 Å². The summed E-state index contributed by atoms with van der Waals surface area (Å²) in [6.45, 7) is 8.79. The van der Waals surface area contributed by atoms with Gasteiger partial charge in [-0.3, -0.25) is 0 Å². The maximum atomic E-state index is 8.64. The molecule has 0 saturated heterocycles. The van der Waals surface area contributed by atoms with Crippen molar-refractivity contribution in [1.29, 1.82) is 0 Å². The standard InChI is InChI=1S/C12H27N3O2/c1-10(9-17-4)8-14-7-5-6-12(2,3)11(13)15-16/h10,14,16H,5-9H2,1-4H3,(H2,13,15). The van der Waals surface area contributed by atoms with Crippen LogP contribution < -0.4 is 11.1 Å². The molecular formula is C12H27N3O2. The molecule has 102 valence electrons. The Bertz CT molecular complexity index is 230. The van der Waals surface area contributed by atoms with Crippen molar-refractivity contribution >= 4 is 5.84 Å². The van der Waals surface area contributed by atoms with Gasteiger partial charge in [-0.1, -0.05) is 25.9 Å². The van der Waals surface area contributed by atoms with Crippen molar-refractivity contribution in [2.24, 2.45) is 22.2 Å². The molecule has 0 fully saturated rings. The van der Waals surface area contributed by atoms with Crippen LogP contribution in [0.25, 0.3) is 0 Å². The Kier molecular flexibility index (Phi) is 7.91. The van der Waals surface area contributed by atoms with Crippen LogP contribution in [0.15, 0.2) is 5.16 Å². The average molecular weight is 245 g/mol. The Morgan fingerprint density at radius 1 is 1.53 bits per heavy atom. The van der Waals surface area contributed by atoms with Gasteiger partial charge in [-0.15, -0.1) is 0 Å². The molecule has 0 aliphatic carbocycles. The molecule has 0 aliphatic rings. The molecular weight excluding hydrogens is 218 g/mol. The largest absolute Gasteiger partial charge is 0.409 e. The van der Waals surface area contributed by atoms with Gasteiger partial charge in [0.1, 0.15) is 5.84 Å². The van der Waals surface area contributed by atoms with Gasteiger partial charge >= 0.3 is 0 Å². The van der Waals surface area contributed by atoms with Crippen LogP contribution in [-0.4, -0.2) is 37.8 Å². The summed E-state index contributed by atoms with van der Waals surface area (Å²) in [4.78, 5) is 0. The smallest absolute Gasteiger partial charge is 0.144 e. The summed E-state index contributed by atoms with van der Waals surface area (Å²) in [7, 11) is 1.72. The highest BCUT2D eigenvalue weighted by Gasteiger charge is 2.22. The molecule has 0 aromatic carbocycles. The van der Waals surface area contributed by atoms with E-state index in [1.165, 1.54) is 0 Å². The molecule has 0 spiro atoms. The Morgan fingerprint density at radius 3 is 2.71 bits per heavy atom. The van der Waals surface area contributed by atoms with Gasteiger partial charge in [0.05, 0.1) is 0 Å². The van der Waals surface area contributed by atoms with Crippen molar-refractivity contribution < 1.29 is 9.94 Å². The van der Waals surface area contributed by atoms with E-state index in [1.54, 1.807) is 7.11 Å². The van der Waals surface area contributed by atoms with E-state index in [4.69, 9.17) is 15.7 Å². The lowest BCUT2D eigenvalue weighted by atomic mass is 9.86. The fraction of sp³-hybridized carbons (Fsp3) is 0.917. The summed E-state index contributed by atoms with van der Waals surface area (Å²) >= 11 is 0. The molecule has 5 heteroatoms. The topological polar surface area (TPSA) is 79.9 Å². The molecule has 0 aliphatic heterocycles. The highest BCUT2D eigenvalue weighted by molar-refractivity contribution is 5.85. The number of amidine groups is 1. The van der Waals surface area contributed by atoms with Crippen LogP contribution in [-0.2, 0) is 4.74 Å². The van der Waals surface area contributed by atoms with E-state index in [0.29, 0.717) is 11.8 Å². The van der Waals surface area contributed by atoms with Gasteiger partial charge in [0.15, 0.2) is 0 Å². The summed E-state index contributed by atoms with van der Waals surface area (Å²) < 4.78 is 5.06. The first-order valence-corrected chi connectivity index (χ1v) is 6.11. The van der Waals surface area contributed by atoms with Gasteiger partial charge in [0.25, 0.3) is 0 Å². The number of nitrogens with two attached hydrogens (primary N) is 1. The molecule has 5 nitrogen and oxygen atoms in total. The molecule has 0 amide bonds. The minimum Gasteiger partial charge on any atom is -0.409 e. The van der Waals surface area contributed by atoms with E-state index in [-0.39, 0.29) is 5.41 Å². The van der Waals surface area contributed by atoms with Crippen LogP contribution >= 0.6 is 0 Å². The highest BCUT2D eigenvalue weighted by Crippen LogP contribution is 2.21. The lowest BCUT2D eigenvalue weighted by molar-refractivity contribution is 0.158. The van der Waals surface area contributed by atoms with E-state index in [2.05, 4.69) is 17.4 Å². The van der Waals surface area contributed by atoms with Crippen molar-refractivity contribution in [2.75, 3.05) is 26.8 Å². The predicted octanol–water partition coefficient (Wildman–Crippen LogP) is 1.41. The maximum absolute atomic E-state index is 8.64. The number of nitrogens with zero attached hydrogens (tertiary/aromatic N) is 1. The molecule has 0 aromatic rings. The van der Waals surface area contributed by atoms with Gasteiger partial charge in [-0.2, -0.15) is 0 Å². The molecule has 1 unspecified atom stereocenters. The van der Waals surface area contributed by atoms with Gasteiger partial charge in [-0.25, -0.2) is 0 Å². The molecule has 0 aromatic heterocycles. The fourth-order valence-electron chi connectivity index (χ4n) is 1.61. The molecule has 17 heavy (non-hydrogen) atoms. The van der Waals surface area contributed by atoms with E-state index < -0.39 is 0 Å². The fourth-order valence-corrected chi connectivity index (χ4v) is 1.61. The average Bonchev–Trinajstić information content (AvgIpc) is 2.27. The Hall–Kier alpha value is -0.810. The summed E-state index contributed by atoms with van der Waals surface area (Å²) in [5.74, 6) is 0.822. The number of nitrogens with one attached hydrogen (secondary N) is 1. The number of ether oxygens (including phenoxy) is 1. The molecule has 0 bridgehead atoms. The zero-order valence-corrected chi connectivity index (χ0v) is 11.5. The quantitative estimate of drug-likeness (QED) is 0.189. The summed E-state index contributed by atoms with van der Waals surface area (Å²) in [5.41, 5.74) is 5.37. The second kappa shape index (κ2) is 8.31. The van der Waals surface area contributed by atoms with Crippen molar-refractivity contribution in [2.45, 2.75) is 33.6 Å². The van der Waals surface area contributed by atoms with Crippen LogP contribution in [0.4, 0.5) is 0 Å². The molecule has 1 atom stereocenters. The Balaban J connectivity index is 3.64. The van der Waals surface area contributed by atoms with Crippen molar-refractivity contribution in [3.8, 4) is 0 Å². The Labute approximate surface area is 104 Å². The van der Waals surface area contributed by atoms with Gasteiger partial charge in [-0.05, 0) is 31.8 Å². The van der Waals surface area contributed by atoms with Crippen LogP contribution in [0.2, 0.25) is 0 Å². The third kappa shape index (κ3) is 7.18. The normalized spacial score (nSPS) is 14.9. The maximum Gasteiger partial charge on any atom is 0.144 e. The second-order valence-corrected chi connectivity index (χ2v) is 5.24. The van der Waals surface area contributed by atoms with Crippen LogP contribution in [0.5, 0.6) is 0 Å². The van der Waals surface area contributed by atoms with E-state index in [0.717, 1.165) is 32.5 Å². The molecule has 4 N–H and O–H groups in total.